The van der Waals surface area contributed by atoms with Gasteiger partial charge in [-0.05, 0) is 17.7 Å². The monoisotopic (exact) mass is 253 g/mol. The van der Waals surface area contributed by atoms with Crippen molar-refractivity contribution in [3.05, 3.63) is 34.3 Å². The molecule has 1 aromatic carbocycles. The summed E-state index contributed by atoms with van der Waals surface area (Å²) < 4.78 is 37.6. The highest BCUT2D eigenvalue weighted by atomic mass is 35.5. The Kier molecular flexibility index (Phi) is 3.44. The van der Waals surface area contributed by atoms with Crippen molar-refractivity contribution in [1.29, 1.82) is 0 Å². The molecule has 3 nitrogen and oxygen atoms in total. The Bertz CT molecular complexity index is 420. The molecule has 0 spiro atoms. The van der Waals surface area contributed by atoms with Crippen LogP contribution in [0.4, 0.5) is 13.2 Å². The molecule has 0 radical (unpaired) electrons. The van der Waals surface area contributed by atoms with Gasteiger partial charge in [0.15, 0.2) is 0 Å². The normalized spacial score (nSPS) is 13.6. The smallest absolute Gasteiger partial charge is 0.416 e. The summed E-state index contributed by atoms with van der Waals surface area (Å²) in [6.45, 7) is 0. The fraction of sp³-hybridized carbons (Fsp3) is 0.222. The van der Waals surface area contributed by atoms with E-state index in [2.05, 4.69) is 0 Å². The van der Waals surface area contributed by atoms with Crippen molar-refractivity contribution < 1.29 is 23.1 Å². The van der Waals surface area contributed by atoms with Crippen molar-refractivity contribution in [1.82, 2.24) is 0 Å². The van der Waals surface area contributed by atoms with Crippen LogP contribution in [0.1, 0.15) is 17.2 Å². The van der Waals surface area contributed by atoms with Crippen LogP contribution in [0.15, 0.2) is 18.2 Å². The van der Waals surface area contributed by atoms with Gasteiger partial charge in [0.1, 0.15) is 6.04 Å². The Morgan fingerprint density at radius 1 is 1.44 bits per heavy atom. The van der Waals surface area contributed by atoms with E-state index in [9.17, 15) is 18.0 Å². The number of aliphatic carboxylic acids is 1. The third-order valence-electron chi connectivity index (χ3n) is 1.92. The molecule has 3 N–H and O–H groups in total. The molecule has 0 unspecified atom stereocenters. The van der Waals surface area contributed by atoms with Crippen LogP contribution in [0.25, 0.3) is 0 Å². The molecule has 0 fully saturated rings. The lowest BCUT2D eigenvalue weighted by atomic mass is 10.0. The first-order valence-corrected chi connectivity index (χ1v) is 4.46. The minimum absolute atomic E-state index is 0.131. The van der Waals surface area contributed by atoms with Gasteiger partial charge in [0.05, 0.1) is 5.56 Å². The summed E-state index contributed by atoms with van der Waals surface area (Å²) in [4.78, 5) is 10.5. The van der Waals surface area contributed by atoms with Crippen molar-refractivity contribution >= 4 is 17.6 Å². The van der Waals surface area contributed by atoms with Gasteiger partial charge in [0.25, 0.3) is 0 Å². The summed E-state index contributed by atoms with van der Waals surface area (Å²) >= 11 is 5.42. The lowest BCUT2D eigenvalue weighted by Crippen LogP contribution is -2.24. The van der Waals surface area contributed by atoms with Crippen molar-refractivity contribution in [3.8, 4) is 0 Å². The molecular formula is C9H7ClF3NO2. The first-order chi connectivity index (χ1) is 7.23. The average Bonchev–Trinajstić information content (AvgIpc) is 2.15. The summed E-state index contributed by atoms with van der Waals surface area (Å²) in [6.07, 6.45) is -4.69. The van der Waals surface area contributed by atoms with Crippen LogP contribution in [-0.2, 0) is 11.0 Å². The van der Waals surface area contributed by atoms with Gasteiger partial charge in [-0.2, -0.15) is 13.2 Å². The van der Waals surface area contributed by atoms with Gasteiger partial charge in [-0.3, -0.25) is 4.79 Å². The van der Waals surface area contributed by atoms with E-state index >= 15 is 0 Å². The molecule has 16 heavy (non-hydrogen) atoms. The second kappa shape index (κ2) is 4.31. The molecule has 0 amide bonds. The van der Waals surface area contributed by atoms with Crippen LogP contribution in [0.2, 0.25) is 5.02 Å². The molecule has 0 saturated carbocycles. The maximum atomic E-state index is 12.5. The molecule has 0 aromatic heterocycles. The van der Waals surface area contributed by atoms with Gasteiger partial charge >= 0.3 is 12.1 Å². The van der Waals surface area contributed by atoms with Gasteiger partial charge in [0.2, 0.25) is 0 Å². The average molecular weight is 254 g/mol. The van der Waals surface area contributed by atoms with Crippen LogP contribution < -0.4 is 5.73 Å². The topological polar surface area (TPSA) is 63.3 Å². The Morgan fingerprint density at radius 2 is 2.00 bits per heavy atom. The first kappa shape index (κ1) is 12.8. The Morgan fingerprint density at radius 3 is 2.44 bits per heavy atom. The quantitative estimate of drug-likeness (QED) is 0.851. The van der Waals surface area contributed by atoms with Crippen LogP contribution in [0.3, 0.4) is 0 Å². The number of carboxylic acids is 1. The van der Waals surface area contributed by atoms with Crippen LogP contribution in [0.5, 0.6) is 0 Å². The molecule has 0 aliphatic carbocycles. The minimum atomic E-state index is -4.69. The molecule has 1 atom stereocenters. The minimum Gasteiger partial charge on any atom is -0.480 e. The van der Waals surface area contributed by atoms with E-state index in [1.54, 1.807) is 0 Å². The molecular weight excluding hydrogens is 247 g/mol. The Labute approximate surface area is 93.6 Å². The van der Waals surface area contributed by atoms with E-state index in [0.717, 1.165) is 12.1 Å². The number of carbonyl (C=O) groups is 1. The largest absolute Gasteiger partial charge is 0.480 e. The summed E-state index contributed by atoms with van der Waals surface area (Å²) in [5, 5.41) is 8.44. The fourth-order valence-corrected chi connectivity index (χ4v) is 1.35. The van der Waals surface area contributed by atoms with E-state index in [0.29, 0.717) is 6.07 Å². The van der Waals surface area contributed by atoms with E-state index < -0.39 is 29.3 Å². The van der Waals surface area contributed by atoms with Gasteiger partial charge in [-0.15, -0.1) is 0 Å². The van der Waals surface area contributed by atoms with Gasteiger partial charge in [-0.1, -0.05) is 17.7 Å². The SMILES string of the molecule is N[C@@H](C(=O)O)c1ccc(Cl)cc1C(F)(F)F. The van der Waals surface area contributed by atoms with E-state index in [4.69, 9.17) is 22.4 Å². The van der Waals surface area contributed by atoms with E-state index in [1.807, 2.05) is 0 Å². The zero-order valence-electron chi connectivity index (χ0n) is 7.75. The third-order valence-corrected chi connectivity index (χ3v) is 2.16. The number of hydrogen-bond acceptors (Lipinski definition) is 2. The predicted molar refractivity (Wildman–Crippen MR) is 51.0 cm³/mol. The highest BCUT2D eigenvalue weighted by Gasteiger charge is 2.36. The highest BCUT2D eigenvalue weighted by molar-refractivity contribution is 6.30. The summed E-state index contributed by atoms with van der Waals surface area (Å²) in [5.74, 6) is -1.53. The lowest BCUT2D eigenvalue weighted by molar-refractivity contribution is -0.141. The standard InChI is InChI=1S/C9H7ClF3NO2/c10-4-1-2-5(7(14)8(15)16)6(3-4)9(11,12)13/h1-3,7H,14H2,(H,15,16)/t7-/m1/s1. The summed E-state index contributed by atoms with van der Waals surface area (Å²) in [7, 11) is 0. The second-order valence-corrected chi connectivity index (χ2v) is 3.48. The highest BCUT2D eigenvalue weighted by Crippen LogP contribution is 2.35. The number of carboxylic acid groups (broad SMARTS) is 1. The predicted octanol–water partition coefficient (Wildman–Crippen LogP) is 2.44. The number of alkyl halides is 3. The fourth-order valence-electron chi connectivity index (χ4n) is 1.18. The molecule has 7 heteroatoms. The Balaban J connectivity index is 3.34. The van der Waals surface area contributed by atoms with Gasteiger partial charge in [-0.25, -0.2) is 0 Å². The molecule has 88 valence electrons. The molecule has 0 aliphatic rings. The maximum absolute atomic E-state index is 12.5. The number of rotatable bonds is 2. The van der Waals surface area contributed by atoms with Crippen LogP contribution in [-0.4, -0.2) is 11.1 Å². The number of nitrogens with two attached hydrogens (primary N) is 1. The molecule has 0 bridgehead atoms. The Hall–Kier alpha value is -1.27. The zero-order valence-corrected chi connectivity index (χ0v) is 8.51. The summed E-state index contributed by atoms with van der Waals surface area (Å²) in [5.41, 5.74) is 3.50. The van der Waals surface area contributed by atoms with Crippen molar-refractivity contribution in [2.45, 2.75) is 12.2 Å². The van der Waals surface area contributed by atoms with E-state index in [-0.39, 0.29) is 5.02 Å². The van der Waals surface area contributed by atoms with Crippen LogP contribution >= 0.6 is 11.6 Å². The maximum Gasteiger partial charge on any atom is 0.416 e. The number of hydrogen-bond donors (Lipinski definition) is 2. The first-order valence-electron chi connectivity index (χ1n) is 4.08. The van der Waals surface area contributed by atoms with E-state index in [1.165, 1.54) is 0 Å². The molecule has 0 aliphatic heterocycles. The molecule has 1 rings (SSSR count). The zero-order chi connectivity index (χ0) is 12.5. The van der Waals surface area contributed by atoms with Crippen molar-refractivity contribution in [3.63, 3.8) is 0 Å². The second-order valence-electron chi connectivity index (χ2n) is 3.05. The number of halogens is 4. The molecule has 0 saturated heterocycles. The molecule has 0 heterocycles. The van der Waals surface area contributed by atoms with Crippen molar-refractivity contribution in [2.24, 2.45) is 5.73 Å². The van der Waals surface area contributed by atoms with Gasteiger partial charge < -0.3 is 10.8 Å². The van der Waals surface area contributed by atoms with Gasteiger partial charge in [0, 0.05) is 5.02 Å². The van der Waals surface area contributed by atoms with Crippen LogP contribution in [0, 0.1) is 0 Å². The van der Waals surface area contributed by atoms with Crippen molar-refractivity contribution in [2.75, 3.05) is 0 Å². The lowest BCUT2D eigenvalue weighted by Gasteiger charge is -2.15. The third kappa shape index (κ3) is 2.65. The molecule has 1 aromatic rings. The number of benzene rings is 1. The summed E-state index contributed by atoms with van der Waals surface area (Å²) in [6, 6.07) is 1.05.